The monoisotopic (exact) mass is 270 g/mol. The molecular weight excluding hydrogens is 255 g/mol. The Balaban J connectivity index is 2.15. The Kier molecular flexibility index (Phi) is 4.16. The van der Waals surface area contributed by atoms with E-state index >= 15 is 0 Å². The number of hydrogen-bond acceptors (Lipinski definition) is 4. The lowest BCUT2D eigenvalue weighted by Gasteiger charge is -2.17. The highest BCUT2D eigenvalue weighted by molar-refractivity contribution is 5.68. The molecule has 1 N–H and O–H groups in total. The van der Waals surface area contributed by atoms with Gasteiger partial charge < -0.3 is 10.2 Å². The van der Waals surface area contributed by atoms with Crippen LogP contribution in [0.2, 0.25) is 0 Å². The number of rotatable bonds is 4. The SMILES string of the molecule is CN(C)c1ccncc1NCc1ccc(F)c(C#N)c1. The van der Waals surface area contributed by atoms with E-state index in [0.29, 0.717) is 6.54 Å². The molecule has 0 radical (unpaired) electrons. The number of nitriles is 1. The molecule has 2 rings (SSSR count). The fraction of sp³-hybridized carbons (Fsp3) is 0.200. The van der Waals surface area contributed by atoms with Crippen LogP contribution < -0.4 is 10.2 Å². The first-order valence-electron chi connectivity index (χ1n) is 6.15. The van der Waals surface area contributed by atoms with Gasteiger partial charge >= 0.3 is 0 Å². The normalized spacial score (nSPS) is 9.90. The van der Waals surface area contributed by atoms with Gasteiger partial charge in [-0.25, -0.2) is 4.39 Å². The van der Waals surface area contributed by atoms with Crippen LogP contribution in [0.3, 0.4) is 0 Å². The zero-order chi connectivity index (χ0) is 14.5. The van der Waals surface area contributed by atoms with Gasteiger partial charge in [0, 0.05) is 26.8 Å². The fourth-order valence-electron chi connectivity index (χ4n) is 1.88. The van der Waals surface area contributed by atoms with Crippen molar-refractivity contribution in [2.45, 2.75) is 6.54 Å². The molecule has 0 amide bonds. The summed E-state index contributed by atoms with van der Waals surface area (Å²) >= 11 is 0. The zero-order valence-electron chi connectivity index (χ0n) is 11.4. The second-order valence-electron chi connectivity index (χ2n) is 4.57. The molecule has 0 saturated heterocycles. The summed E-state index contributed by atoms with van der Waals surface area (Å²) in [4.78, 5) is 6.07. The Morgan fingerprint density at radius 2 is 2.15 bits per heavy atom. The van der Waals surface area contributed by atoms with Crippen LogP contribution in [0.4, 0.5) is 15.8 Å². The molecular formula is C15H15FN4. The molecule has 0 aliphatic heterocycles. The van der Waals surface area contributed by atoms with Crippen LogP contribution in [0.1, 0.15) is 11.1 Å². The van der Waals surface area contributed by atoms with Gasteiger partial charge in [0.1, 0.15) is 11.9 Å². The second-order valence-corrected chi connectivity index (χ2v) is 4.57. The average molecular weight is 270 g/mol. The number of nitrogens with one attached hydrogen (secondary N) is 1. The summed E-state index contributed by atoms with van der Waals surface area (Å²) in [6.07, 6.45) is 3.47. The lowest BCUT2D eigenvalue weighted by molar-refractivity contribution is 0.623. The average Bonchev–Trinajstić information content (AvgIpc) is 2.46. The van der Waals surface area contributed by atoms with Gasteiger partial charge in [-0.3, -0.25) is 4.98 Å². The predicted molar refractivity (Wildman–Crippen MR) is 77.0 cm³/mol. The van der Waals surface area contributed by atoms with Crippen LogP contribution >= 0.6 is 0 Å². The van der Waals surface area contributed by atoms with E-state index in [-0.39, 0.29) is 5.56 Å². The van der Waals surface area contributed by atoms with Crippen molar-refractivity contribution in [3.8, 4) is 6.07 Å². The maximum absolute atomic E-state index is 13.2. The molecule has 0 saturated carbocycles. The first-order valence-corrected chi connectivity index (χ1v) is 6.15. The largest absolute Gasteiger partial charge is 0.378 e. The molecule has 0 atom stereocenters. The van der Waals surface area contributed by atoms with Crippen molar-refractivity contribution in [2.24, 2.45) is 0 Å². The highest BCUT2D eigenvalue weighted by Crippen LogP contribution is 2.23. The van der Waals surface area contributed by atoms with Crippen molar-refractivity contribution in [3.05, 3.63) is 53.6 Å². The molecule has 0 aliphatic carbocycles. The Hall–Kier alpha value is -2.61. The van der Waals surface area contributed by atoms with Crippen LogP contribution in [-0.4, -0.2) is 19.1 Å². The lowest BCUT2D eigenvalue weighted by atomic mass is 10.1. The maximum Gasteiger partial charge on any atom is 0.140 e. The van der Waals surface area contributed by atoms with Crippen LogP contribution in [0.25, 0.3) is 0 Å². The van der Waals surface area contributed by atoms with E-state index in [2.05, 4.69) is 10.3 Å². The number of nitrogens with zero attached hydrogens (tertiary/aromatic N) is 3. The van der Waals surface area contributed by atoms with Gasteiger partial charge in [0.05, 0.1) is 23.1 Å². The predicted octanol–water partition coefficient (Wildman–Crippen LogP) is 2.77. The number of pyridine rings is 1. The quantitative estimate of drug-likeness (QED) is 0.928. The number of halogens is 1. The molecule has 4 nitrogen and oxygen atoms in total. The summed E-state index contributed by atoms with van der Waals surface area (Å²) in [5.41, 5.74) is 2.81. The van der Waals surface area contributed by atoms with Crippen molar-refractivity contribution in [3.63, 3.8) is 0 Å². The molecule has 102 valence electrons. The highest BCUT2D eigenvalue weighted by atomic mass is 19.1. The summed E-state index contributed by atoms with van der Waals surface area (Å²) in [5.74, 6) is -0.494. The molecule has 0 bridgehead atoms. The van der Waals surface area contributed by atoms with Gasteiger partial charge in [-0.05, 0) is 23.8 Å². The second kappa shape index (κ2) is 6.02. The van der Waals surface area contributed by atoms with E-state index in [0.717, 1.165) is 16.9 Å². The third-order valence-electron chi connectivity index (χ3n) is 2.91. The third-order valence-corrected chi connectivity index (χ3v) is 2.91. The van der Waals surface area contributed by atoms with Crippen molar-refractivity contribution in [1.29, 1.82) is 5.26 Å². The van der Waals surface area contributed by atoms with E-state index in [1.54, 1.807) is 24.5 Å². The molecule has 5 heteroatoms. The van der Waals surface area contributed by atoms with E-state index in [1.165, 1.54) is 6.07 Å². The van der Waals surface area contributed by atoms with Crippen LogP contribution in [0, 0.1) is 17.1 Å². The molecule has 1 aromatic heterocycles. The van der Waals surface area contributed by atoms with Crippen molar-refractivity contribution >= 4 is 11.4 Å². The van der Waals surface area contributed by atoms with E-state index in [1.807, 2.05) is 31.1 Å². The summed E-state index contributed by atoms with van der Waals surface area (Å²) < 4.78 is 13.2. The van der Waals surface area contributed by atoms with Gasteiger partial charge in [-0.1, -0.05) is 6.07 Å². The van der Waals surface area contributed by atoms with Gasteiger partial charge in [0.2, 0.25) is 0 Å². The molecule has 1 aromatic carbocycles. The van der Waals surface area contributed by atoms with Crippen molar-refractivity contribution < 1.29 is 4.39 Å². The summed E-state index contributed by atoms with van der Waals surface area (Å²) in [5, 5.41) is 12.1. The van der Waals surface area contributed by atoms with E-state index in [4.69, 9.17) is 5.26 Å². The summed E-state index contributed by atoms with van der Waals surface area (Å²) in [7, 11) is 3.90. The third kappa shape index (κ3) is 3.04. The van der Waals surface area contributed by atoms with Gasteiger partial charge in [0.15, 0.2) is 0 Å². The number of benzene rings is 1. The first kappa shape index (κ1) is 13.8. The minimum Gasteiger partial charge on any atom is -0.378 e. The van der Waals surface area contributed by atoms with E-state index in [9.17, 15) is 4.39 Å². The molecule has 0 spiro atoms. The van der Waals surface area contributed by atoms with Crippen molar-refractivity contribution in [2.75, 3.05) is 24.3 Å². The van der Waals surface area contributed by atoms with Crippen LogP contribution in [0.5, 0.6) is 0 Å². The molecule has 1 heterocycles. The Morgan fingerprint density at radius 3 is 2.85 bits per heavy atom. The van der Waals surface area contributed by atoms with Gasteiger partial charge in [-0.15, -0.1) is 0 Å². The molecule has 0 fully saturated rings. The Bertz CT molecular complexity index is 647. The zero-order valence-corrected chi connectivity index (χ0v) is 11.4. The maximum atomic E-state index is 13.2. The minimum absolute atomic E-state index is 0.0586. The topological polar surface area (TPSA) is 52.0 Å². The smallest absolute Gasteiger partial charge is 0.140 e. The lowest BCUT2D eigenvalue weighted by Crippen LogP contribution is -2.12. The summed E-state index contributed by atoms with van der Waals surface area (Å²) in [6, 6.07) is 8.27. The molecule has 2 aromatic rings. The fourth-order valence-corrected chi connectivity index (χ4v) is 1.88. The summed E-state index contributed by atoms with van der Waals surface area (Å²) in [6.45, 7) is 0.501. The minimum atomic E-state index is -0.494. The molecule has 0 aliphatic rings. The number of aromatic nitrogens is 1. The first-order chi connectivity index (χ1) is 9.61. The highest BCUT2D eigenvalue weighted by Gasteiger charge is 2.06. The molecule has 20 heavy (non-hydrogen) atoms. The van der Waals surface area contributed by atoms with Gasteiger partial charge in [0.25, 0.3) is 0 Å². The number of anilines is 2. The number of hydrogen-bond donors (Lipinski definition) is 1. The van der Waals surface area contributed by atoms with Crippen LogP contribution in [-0.2, 0) is 6.54 Å². The Labute approximate surface area is 117 Å². The molecule has 0 unspecified atom stereocenters. The Morgan fingerprint density at radius 1 is 1.35 bits per heavy atom. The van der Waals surface area contributed by atoms with Crippen LogP contribution in [0.15, 0.2) is 36.7 Å². The standard InChI is InChI=1S/C15H15FN4/c1-20(2)15-5-6-18-10-14(15)19-9-11-3-4-13(16)12(7-11)8-17/h3-7,10,19H,9H2,1-2H3. The van der Waals surface area contributed by atoms with Crippen molar-refractivity contribution in [1.82, 2.24) is 4.98 Å². The van der Waals surface area contributed by atoms with E-state index < -0.39 is 5.82 Å². The van der Waals surface area contributed by atoms with Gasteiger partial charge in [-0.2, -0.15) is 5.26 Å².